The Morgan fingerprint density at radius 3 is 2.88 bits per heavy atom. The Bertz CT molecular complexity index is 477. The van der Waals surface area contributed by atoms with Gasteiger partial charge in [-0.3, -0.25) is 5.43 Å². The number of carbonyl (C=O) groups excluding carboxylic acids is 1. The molecule has 2 N–H and O–H groups in total. The number of rotatable bonds is 4. The van der Waals surface area contributed by atoms with Gasteiger partial charge in [-0.1, -0.05) is 12.1 Å². The van der Waals surface area contributed by atoms with E-state index in [0.717, 1.165) is 0 Å². The predicted octanol–water partition coefficient (Wildman–Crippen LogP) is 1.25. The number of aromatic hydroxyl groups is 1. The molecule has 0 atom stereocenters. The van der Waals surface area contributed by atoms with Crippen LogP contribution in [0.3, 0.4) is 0 Å². The maximum absolute atomic E-state index is 11.2. The van der Waals surface area contributed by atoms with Crippen LogP contribution in [0.1, 0.15) is 6.92 Å². The van der Waals surface area contributed by atoms with Gasteiger partial charge in [0.2, 0.25) is 5.71 Å². The number of carbonyl (C=O) groups is 1. The van der Waals surface area contributed by atoms with Crippen LogP contribution in [-0.4, -0.2) is 23.4 Å². The minimum Gasteiger partial charge on any atom is -0.506 e. The molecule has 0 fully saturated rings. The van der Waals surface area contributed by atoms with E-state index in [1.165, 1.54) is 6.07 Å². The second-order valence-electron chi connectivity index (χ2n) is 2.92. The van der Waals surface area contributed by atoms with Gasteiger partial charge >= 0.3 is 5.97 Å². The van der Waals surface area contributed by atoms with Crippen LogP contribution in [0.15, 0.2) is 29.4 Å². The van der Waals surface area contributed by atoms with Crippen molar-refractivity contribution >= 4 is 17.4 Å². The van der Waals surface area contributed by atoms with E-state index in [2.05, 4.69) is 15.3 Å². The van der Waals surface area contributed by atoms with Crippen LogP contribution >= 0.6 is 0 Å². The van der Waals surface area contributed by atoms with Gasteiger partial charge in [0.05, 0.1) is 12.3 Å². The van der Waals surface area contributed by atoms with E-state index in [1.54, 1.807) is 31.2 Å². The molecule has 6 heteroatoms. The Kier molecular flexibility index (Phi) is 4.51. The maximum atomic E-state index is 11.2. The van der Waals surface area contributed by atoms with Crippen molar-refractivity contribution in [2.24, 2.45) is 5.10 Å². The molecule has 1 aromatic carbocycles. The number of hydrogen-bond acceptors (Lipinski definition) is 6. The summed E-state index contributed by atoms with van der Waals surface area (Å²) in [4.78, 5) is 11.2. The zero-order valence-corrected chi connectivity index (χ0v) is 9.17. The van der Waals surface area contributed by atoms with Crippen LogP contribution in [0.5, 0.6) is 5.75 Å². The summed E-state index contributed by atoms with van der Waals surface area (Å²) < 4.78 is 4.62. The molecule has 1 rings (SSSR count). The highest BCUT2D eigenvalue weighted by atomic mass is 16.5. The zero-order valence-electron chi connectivity index (χ0n) is 9.17. The Balaban J connectivity index is 2.79. The Morgan fingerprint density at radius 1 is 1.59 bits per heavy atom. The summed E-state index contributed by atoms with van der Waals surface area (Å²) in [6.45, 7) is 1.79. The average molecular weight is 233 g/mol. The molecule has 0 amide bonds. The molecular weight excluding hydrogens is 222 g/mol. The highest BCUT2D eigenvalue weighted by Crippen LogP contribution is 2.21. The van der Waals surface area contributed by atoms with Crippen molar-refractivity contribution in [3.63, 3.8) is 0 Å². The molecule has 0 spiro atoms. The third-order valence-electron chi connectivity index (χ3n) is 1.77. The normalized spacial score (nSPS) is 10.5. The van der Waals surface area contributed by atoms with Crippen LogP contribution in [0.2, 0.25) is 0 Å². The fourth-order valence-electron chi connectivity index (χ4n) is 1.00. The minimum absolute atomic E-state index is 0.0302. The lowest BCUT2D eigenvalue weighted by Gasteiger charge is -2.03. The van der Waals surface area contributed by atoms with Gasteiger partial charge in [0.15, 0.2) is 0 Å². The molecule has 0 aliphatic carbocycles. The van der Waals surface area contributed by atoms with Crippen molar-refractivity contribution in [3.05, 3.63) is 24.3 Å². The number of para-hydroxylation sites is 2. The minimum atomic E-state index is -0.807. The lowest BCUT2D eigenvalue weighted by molar-refractivity contribution is -0.134. The number of phenolic OH excluding ortho intramolecular Hbond substituents is 1. The van der Waals surface area contributed by atoms with E-state index in [4.69, 9.17) is 5.26 Å². The summed E-state index contributed by atoms with van der Waals surface area (Å²) in [5.74, 6) is -0.838. The van der Waals surface area contributed by atoms with Crippen molar-refractivity contribution in [1.29, 1.82) is 5.26 Å². The van der Waals surface area contributed by atoms with E-state index < -0.39 is 11.7 Å². The van der Waals surface area contributed by atoms with Gasteiger partial charge in [-0.05, 0) is 19.1 Å². The first kappa shape index (κ1) is 12.5. The summed E-state index contributed by atoms with van der Waals surface area (Å²) in [6, 6.07) is 7.93. The van der Waals surface area contributed by atoms with Crippen molar-refractivity contribution in [2.75, 3.05) is 12.0 Å². The quantitative estimate of drug-likeness (QED) is 0.353. The SMILES string of the molecule is CCOC(=O)C(C#N)=NNc1ccccc1O. The molecule has 0 radical (unpaired) electrons. The zero-order chi connectivity index (χ0) is 12.7. The monoisotopic (exact) mass is 233 g/mol. The fraction of sp³-hybridized carbons (Fsp3) is 0.182. The molecule has 0 unspecified atom stereocenters. The molecule has 0 saturated carbocycles. The highest BCUT2D eigenvalue weighted by molar-refractivity contribution is 6.43. The molecule has 0 aliphatic heterocycles. The summed E-state index contributed by atoms with van der Waals surface area (Å²) in [6.07, 6.45) is 0. The summed E-state index contributed by atoms with van der Waals surface area (Å²) in [5.41, 5.74) is 2.31. The highest BCUT2D eigenvalue weighted by Gasteiger charge is 2.11. The predicted molar refractivity (Wildman–Crippen MR) is 61.4 cm³/mol. The average Bonchev–Trinajstić information content (AvgIpc) is 2.32. The van der Waals surface area contributed by atoms with E-state index in [-0.39, 0.29) is 12.4 Å². The number of benzene rings is 1. The van der Waals surface area contributed by atoms with Gasteiger partial charge in [0.25, 0.3) is 0 Å². The number of ether oxygens (including phenoxy) is 1. The summed E-state index contributed by atoms with van der Waals surface area (Å²) in [5, 5.41) is 21.7. The van der Waals surface area contributed by atoms with Crippen molar-refractivity contribution in [2.45, 2.75) is 6.92 Å². The first-order chi connectivity index (χ1) is 8.19. The number of phenols is 1. The number of nitrogens with zero attached hydrogens (tertiary/aromatic N) is 2. The van der Waals surface area contributed by atoms with Crippen molar-refractivity contribution < 1.29 is 14.6 Å². The second kappa shape index (κ2) is 6.12. The largest absolute Gasteiger partial charge is 0.506 e. The number of nitrogens with one attached hydrogen (secondary N) is 1. The van der Waals surface area contributed by atoms with Crippen molar-refractivity contribution in [1.82, 2.24) is 0 Å². The van der Waals surface area contributed by atoms with Crippen LogP contribution in [0.25, 0.3) is 0 Å². The first-order valence-electron chi connectivity index (χ1n) is 4.88. The Morgan fingerprint density at radius 2 is 2.29 bits per heavy atom. The van der Waals surface area contributed by atoms with Gasteiger partial charge in [0, 0.05) is 0 Å². The van der Waals surface area contributed by atoms with Crippen LogP contribution in [-0.2, 0) is 9.53 Å². The van der Waals surface area contributed by atoms with Gasteiger partial charge in [0.1, 0.15) is 11.8 Å². The van der Waals surface area contributed by atoms with Gasteiger partial charge in [-0.15, -0.1) is 0 Å². The standard InChI is InChI=1S/C11H11N3O3/c1-2-17-11(16)9(7-12)14-13-8-5-3-4-6-10(8)15/h3-6,13,15H,2H2,1H3. The molecule has 0 heterocycles. The molecule has 0 aliphatic rings. The number of hydrazone groups is 1. The van der Waals surface area contributed by atoms with Gasteiger partial charge in [-0.2, -0.15) is 10.4 Å². The topological polar surface area (TPSA) is 94.7 Å². The molecule has 6 nitrogen and oxygen atoms in total. The number of anilines is 1. The molecule has 88 valence electrons. The van der Waals surface area contributed by atoms with E-state index in [0.29, 0.717) is 5.69 Å². The smallest absolute Gasteiger partial charge is 0.369 e. The molecule has 17 heavy (non-hydrogen) atoms. The van der Waals surface area contributed by atoms with Crippen LogP contribution in [0.4, 0.5) is 5.69 Å². The number of esters is 1. The maximum Gasteiger partial charge on any atom is 0.369 e. The van der Waals surface area contributed by atoms with Crippen LogP contribution < -0.4 is 5.43 Å². The van der Waals surface area contributed by atoms with E-state index >= 15 is 0 Å². The van der Waals surface area contributed by atoms with Crippen molar-refractivity contribution in [3.8, 4) is 11.8 Å². The molecule has 0 saturated heterocycles. The molecular formula is C11H11N3O3. The molecule has 1 aromatic rings. The number of hydrogen-bond donors (Lipinski definition) is 2. The molecule has 0 bridgehead atoms. The van der Waals surface area contributed by atoms with Crippen LogP contribution in [0, 0.1) is 11.3 Å². The van der Waals surface area contributed by atoms with Gasteiger partial charge in [-0.25, -0.2) is 4.79 Å². The first-order valence-corrected chi connectivity index (χ1v) is 4.88. The Hall–Kier alpha value is -2.55. The Labute approximate surface area is 98.1 Å². The van der Waals surface area contributed by atoms with E-state index in [1.807, 2.05) is 0 Å². The number of nitriles is 1. The van der Waals surface area contributed by atoms with Gasteiger partial charge < -0.3 is 9.84 Å². The second-order valence-corrected chi connectivity index (χ2v) is 2.92. The summed E-state index contributed by atoms with van der Waals surface area (Å²) >= 11 is 0. The lowest BCUT2D eigenvalue weighted by Crippen LogP contribution is -2.17. The molecule has 0 aromatic heterocycles. The third kappa shape index (κ3) is 3.50. The fourth-order valence-corrected chi connectivity index (χ4v) is 1.00. The van der Waals surface area contributed by atoms with E-state index in [9.17, 15) is 9.90 Å². The summed E-state index contributed by atoms with van der Waals surface area (Å²) in [7, 11) is 0. The lowest BCUT2D eigenvalue weighted by atomic mass is 10.3. The third-order valence-corrected chi connectivity index (χ3v) is 1.77.